The monoisotopic (exact) mass is 393 g/mol. The van der Waals surface area contributed by atoms with Crippen LogP contribution in [0.1, 0.15) is 21.7 Å². The topological polar surface area (TPSA) is 54.3 Å². The maximum atomic E-state index is 13.2. The highest BCUT2D eigenvalue weighted by atomic mass is 19.1. The number of nitrogens with zero attached hydrogens (tertiary/aromatic N) is 5. The molecule has 1 aliphatic rings. The molecule has 7 heteroatoms. The fourth-order valence-electron chi connectivity index (χ4n) is 3.61. The lowest BCUT2D eigenvalue weighted by molar-refractivity contribution is 0.0632. The van der Waals surface area contributed by atoms with Crippen molar-refractivity contribution in [3.63, 3.8) is 0 Å². The Morgan fingerprint density at radius 3 is 2.38 bits per heavy atom. The summed E-state index contributed by atoms with van der Waals surface area (Å²) < 4.78 is 14.7. The summed E-state index contributed by atoms with van der Waals surface area (Å²) in [4.78, 5) is 17.2. The van der Waals surface area contributed by atoms with Gasteiger partial charge in [0, 0.05) is 32.7 Å². The van der Waals surface area contributed by atoms with Crippen LogP contribution >= 0.6 is 0 Å². The Morgan fingerprint density at radius 1 is 1.00 bits per heavy atom. The lowest BCUT2D eigenvalue weighted by atomic mass is 10.1. The van der Waals surface area contributed by atoms with Crippen LogP contribution in [-0.4, -0.2) is 63.4 Å². The van der Waals surface area contributed by atoms with Gasteiger partial charge in [-0.3, -0.25) is 9.69 Å². The SMILES string of the molecule is Cc1c(C(=O)N2CCN(CCc3ccccc3)CC2)nnn1-c1ccc(F)cc1. The number of piperazine rings is 1. The Labute approximate surface area is 169 Å². The molecule has 0 unspecified atom stereocenters. The summed E-state index contributed by atoms with van der Waals surface area (Å²) in [5.74, 6) is -0.411. The van der Waals surface area contributed by atoms with E-state index in [0.717, 1.165) is 26.1 Å². The van der Waals surface area contributed by atoms with Crippen LogP contribution in [-0.2, 0) is 6.42 Å². The molecule has 0 bridgehead atoms. The van der Waals surface area contributed by atoms with Gasteiger partial charge in [0.2, 0.25) is 0 Å². The zero-order valence-corrected chi connectivity index (χ0v) is 16.5. The Bertz CT molecular complexity index is 963. The van der Waals surface area contributed by atoms with E-state index in [4.69, 9.17) is 0 Å². The van der Waals surface area contributed by atoms with Crippen molar-refractivity contribution in [2.24, 2.45) is 0 Å². The van der Waals surface area contributed by atoms with Gasteiger partial charge < -0.3 is 4.90 Å². The Morgan fingerprint density at radius 2 is 1.69 bits per heavy atom. The van der Waals surface area contributed by atoms with Crippen LogP contribution in [0.2, 0.25) is 0 Å². The molecule has 150 valence electrons. The van der Waals surface area contributed by atoms with Crippen molar-refractivity contribution < 1.29 is 9.18 Å². The molecule has 0 aliphatic carbocycles. The molecule has 4 rings (SSSR count). The predicted molar refractivity (Wildman–Crippen MR) is 109 cm³/mol. The van der Waals surface area contributed by atoms with Gasteiger partial charge in [-0.05, 0) is 43.2 Å². The Hall–Kier alpha value is -3.06. The third-order valence-electron chi connectivity index (χ3n) is 5.39. The lowest BCUT2D eigenvalue weighted by Gasteiger charge is -2.34. The first-order valence-corrected chi connectivity index (χ1v) is 9.85. The van der Waals surface area contributed by atoms with Crippen LogP contribution in [0.3, 0.4) is 0 Å². The summed E-state index contributed by atoms with van der Waals surface area (Å²) in [5.41, 5.74) is 3.03. The Kier molecular flexibility index (Phi) is 5.67. The van der Waals surface area contributed by atoms with Gasteiger partial charge in [-0.25, -0.2) is 9.07 Å². The minimum absolute atomic E-state index is 0.0985. The fraction of sp³-hybridized carbons (Fsp3) is 0.318. The van der Waals surface area contributed by atoms with Gasteiger partial charge in [-0.15, -0.1) is 5.10 Å². The van der Waals surface area contributed by atoms with E-state index < -0.39 is 0 Å². The molecule has 1 fully saturated rings. The first kappa shape index (κ1) is 19.3. The van der Waals surface area contributed by atoms with Crippen molar-refractivity contribution in [1.29, 1.82) is 0 Å². The summed E-state index contributed by atoms with van der Waals surface area (Å²) in [6.45, 7) is 5.86. The van der Waals surface area contributed by atoms with E-state index in [1.807, 2.05) is 17.9 Å². The number of hydrogen-bond donors (Lipinski definition) is 0. The average Bonchev–Trinajstić information content (AvgIpc) is 3.15. The molecular weight excluding hydrogens is 369 g/mol. The molecule has 0 saturated carbocycles. The van der Waals surface area contributed by atoms with Gasteiger partial charge >= 0.3 is 0 Å². The molecule has 0 N–H and O–H groups in total. The number of aromatic nitrogens is 3. The van der Waals surface area contributed by atoms with Crippen LogP contribution in [0.15, 0.2) is 54.6 Å². The molecule has 1 aliphatic heterocycles. The van der Waals surface area contributed by atoms with Gasteiger partial charge in [0.15, 0.2) is 5.69 Å². The van der Waals surface area contributed by atoms with Crippen molar-refractivity contribution >= 4 is 5.91 Å². The first-order chi connectivity index (χ1) is 14.1. The molecule has 29 heavy (non-hydrogen) atoms. The molecule has 1 aromatic heterocycles. The van der Waals surface area contributed by atoms with Crippen molar-refractivity contribution in [1.82, 2.24) is 24.8 Å². The third-order valence-corrected chi connectivity index (χ3v) is 5.39. The van der Waals surface area contributed by atoms with E-state index in [9.17, 15) is 9.18 Å². The van der Waals surface area contributed by atoms with Crippen LogP contribution in [0, 0.1) is 12.7 Å². The summed E-state index contributed by atoms with van der Waals surface area (Å²) >= 11 is 0. The molecule has 0 spiro atoms. The van der Waals surface area contributed by atoms with Crippen molar-refractivity contribution in [2.75, 3.05) is 32.7 Å². The number of amides is 1. The first-order valence-electron chi connectivity index (χ1n) is 9.85. The second-order valence-electron chi connectivity index (χ2n) is 7.28. The molecule has 0 radical (unpaired) electrons. The zero-order valence-electron chi connectivity index (χ0n) is 16.5. The standard InChI is InChI=1S/C22H24FN5O/c1-17-21(24-25-28(17)20-9-7-19(23)8-10-20)22(29)27-15-13-26(14-16-27)12-11-18-5-3-2-4-6-18/h2-10H,11-16H2,1H3. The quantitative estimate of drug-likeness (QED) is 0.669. The van der Waals surface area contributed by atoms with Crippen molar-refractivity contribution in [3.8, 4) is 5.69 Å². The Balaban J connectivity index is 1.35. The summed E-state index contributed by atoms with van der Waals surface area (Å²) in [6.07, 6.45) is 1.01. The van der Waals surface area contributed by atoms with Crippen molar-refractivity contribution in [3.05, 3.63) is 77.4 Å². The smallest absolute Gasteiger partial charge is 0.276 e. The lowest BCUT2D eigenvalue weighted by Crippen LogP contribution is -2.49. The van der Waals surface area contributed by atoms with Gasteiger partial charge in [0.1, 0.15) is 5.82 Å². The average molecular weight is 393 g/mol. The highest BCUT2D eigenvalue weighted by Crippen LogP contribution is 2.15. The summed E-state index contributed by atoms with van der Waals surface area (Å²) in [6, 6.07) is 16.4. The second kappa shape index (κ2) is 8.53. The van der Waals surface area contributed by atoms with Crippen LogP contribution in [0.4, 0.5) is 4.39 Å². The molecule has 3 aromatic rings. The molecule has 0 atom stereocenters. The molecule has 2 aromatic carbocycles. The highest BCUT2D eigenvalue weighted by molar-refractivity contribution is 5.93. The number of carbonyl (C=O) groups is 1. The largest absolute Gasteiger partial charge is 0.335 e. The molecular formula is C22H24FN5O. The van der Waals surface area contributed by atoms with E-state index in [1.54, 1.807) is 16.8 Å². The zero-order chi connectivity index (χ0) is 20.2. The normalized spacial score (nSPS) is 14.9. The number of benzene rings is 2. The van der Waals surface area contributed by atoms with Crippen LogP contribution in [0.25, 0.3) is 5.69 Å². The van der Waals surface area contributed by atoms with Gasteiger partial charge in [0.25, 0.3) is 5.91 Å². The van der Waals surface area contributed by atoms with Crippen LogP contribution in [0.5, 0.6) is 0 Å². The third kappa shape index (κ3) is 4.35. The fourth-order valence-corrected chi connectivity index (χ4v) is 3.61. The van der Waals surface area contributed by atoms with Gasteiger partial charge in [-0.2, -0.15) is 0 Å². The van der Waals surface area contributed by atoms with Gasteiger partial charge in [-0.1, -0.05) is 35.5 Å². The summed E-state index contributed by atoms with van der Waals surface area (Å²) in [5, 5.41) is 8.19. The van der Waals surface area contributed by atoms with Crippen LogP contribution < -0.4 is 0 Å². The highest BCUT2D eigenvalue weighted by Gasteiger charge is 2.26. The van der Waals surface area contributed by atoms with E-state index in [-0.39, 0.29) is 11.7 Å². The second-order valence-corrected chi connectivity index (χ2v) is 7.28. The maximum Gasteiger partial charge on any atom is 0.276 e. The molecule has 2 heterocycles. The van der Waals surface area contributed by atoms with Gasteiger partial charge in [0.05, 0.1) is 11.4 Å². The number of halogens is 1. The summed E-state index contributed by atoms with van der Waals surface area (Å²) in [7, 11) is 0. The molecule has 6 nitrogen and oxygen atoms in total. The predicted octanol–water partition coefficient (Wildman–Crippen LogP) is 2.72. The molecule has 1 saturated heterocycles. The maximum absolute atomic E-state index is 13.2. The van der Waals surface area contributed by atoms with E-state index in [0.29, 0.717) is 30.2 Å². The van der Waals surface area contributed by atoms with E-state index in [1.165, 1.54) is 17.7 Å². The minimum atomic E-state index is -0.312. The van der Waals surface area contributed by atoms with Crippen molar-refractivity contribution in [2.45, 2.75) is 13.3 Å². The van der Waals surface area contributed by atoms with E-state index >= 15 is 0 Å². The van der Waals surface area contributed by atoms with E-state index in [2.05, 4.69) is 39.5 Å². The number of rotatable bonds is 5. The number of carbonyl (C=O) groups excluding carboxylic acids is 1. The molecule has 1 amide bonds. The minimum Gasteiger partial charge on any atom is -0.335 e. The number of hydrogen-bond acceptors (Lipinski definition) is 4.